The average Bonchev–Trinajstić information content (AvgIpc) is 3.13. The zero-order chi connectivity index (χ0) is 23.4. The van der Waals surface area contributed by atoms with E-state index in [1.54, 1.807) is 13.8 Å². The number of esters is 1. The third-order valence-corrected chi connectivity index (χ3v) is 6.13. The molecule has 0 spiro atoms. The molecule has 1 N–H and O–H groups in total. The van der Waals surface area contributed by atoms with Crippen molar-refractivity contribution < 1.29 is 13.9 Å². The van der Waals surface area contributed by atoms with Crippen LogP contribution in [-0.2, 0) is 4.74 Å². The highest BCUT2D eigenvalue weighted by atomic mass is 16.5. The van der Waals surface area contributed by atoms with Crippen LogP contribution in [0, 0.1) is 13.8 Å². The minimum atomic E-state index is -0.410. The maximum absolute atomic E-state index is 12.4. The Hall–Kier alpha value is -3.13. The third-order valence-electron chi connectivity index (χ3n) is 6.13. The number of aromatic nitrogens is 2. The minimum Gasteiger partial charge on any atom is -0.462 e. The van der Waals surface area contributed by atoms with Crippen LogP contribution >= 0.6 is 0 Å². The van der Waals surface area contributed by atoms with Gasteiger partial charge in [-0.3, -0.25) is 4.90 Å². The summed E-state index contributed by atoms with van der Waals surface area (Å²) in [5.74, 6) is 0.692. The van der Waals surface area contributed by atoms with Gasteiger partial charge in [-0.15, -0.1) is 0 Å². The maximum Gasteiger partial charge on any atom is 0.342 e. The number of hydrogen-bond donors (Lipinski definition) is 1. The fourth-order valence-corrected chi connectivity index (χ4v) is 4.56. The van der Waals surface area contributed by atoms with Gasteiger partial charge in [0.2, 0.25) is 5.71 Å². The fraction of sp³-hybridized carbons (Fsp3) is 0.480. The number of carbonyl (C=O) groups excluding carboxylic acids is 1. The molecule has 4 rings (SSSR count). The van der Waals surface area contributed by atoms with E-state index in [2.05, 4.69) is 63.2 Å². The predicted molar refractivity (Wildman–Crippen MR) is 130 cm³/mol. The van der Waals surface area contributed by atoms with Gasteiger partial charge < -0.3 is 19.4 Å². The van der Waals surface area contributed by atoms with E-state index in [4.69, 9.17) is 9.15 Å². The molecule has 0 radical (unpaired) electrons. The molecule has 1 fully saturated rings. The first kappa shape index (κ1) is 23.0. The summed E-state index contributed by atoms with van der Waals surface area (Å²) in [6.45, 7) is 13.1. The number of aryl methyl sites for hydroxylation is 2. The molecule has 176 valence electrons. The number of nitrogens with zero attached hydrogens (tertiary/aromatic N) is 4. The molecule has 1 atom stereocenters. The molecular formula is C25H33N5O3. The van der Waals surface area contributed by atoms with Crippen LogP contribution in [0.2, 0.25) is 0 Å². The lowest BCUT2D eigenvalue weighted by Crippen LogP contribution is -2.52. The lowest BCUT2D eigenvalue weighted by Gasteiger charge is -2.41. The highest BCUT2D eigenvalue weighted by molar-refractivity contribution is 6.07. The van der Waals surface area contributed by atoms with Gasteiger partial charge in [0.05, 0.1) is 12.0 Å². The summed E-state index contributed by atoms with van der Waals surface area (Å²) in [5.41, 5.74) is 3.40. The molecule has 1 aromatic carbocycles. The Morgan fingerprint density at radius 1 is 1.27 bits per heavy atom. The molecule has 33 heavy (non-hydrogen) atoms. The van der Waals surface area contributed by atoms with Crippen molar-refractivity contribution in [2.24, 2.45) is 0 Å². The van der Waals surface area contributed by atoms with Crippen molar-refractivity contribution in [2.45, 2.75) is 40.2 Å². The number of nitrogens with one attached hydrogen (secondary N) is 1. The molecule has 8 heteroatoms. The Balaban J connectivity index is 1.33. The summed E-state index contributed by atoms with van der Waals surface area (Å²) < 4.78 is 10.9. The molecule has 0 aliphatic carbocycles. The predicted octanol–water partition coefficient (Wildman–Crippen LogP) is 4.03. The maximum atomic E-state index is 12.4. The van der Waals surface area contributed by atoms with Gasteiger partial charge in [-0.1, -0.05) is 12.1 Å². The van der Waals surface area contributed by atoms with Crippen LogP contribution in [0.15, 0.2) is 35.0 Å². The fourth-order valence-electron chi connectivity index (χ4n) is 4.56. The smallest absolute Gasteiger partial charge is 0.342 e. The molecule has 3 heterocycles. The lowest BCUT2D eigenvalue weighted by molar-refractivity contribution is 0.0526. The molecule has 8 nitrogen and oxygen atoms in total. The molecule has 2 aromatic heterocycles. The number of fused-ring (bicyclic) bond motifs is 1. The van der Waals surface area contributed by atoms with Gasteiger partial charge >= 0.3 is 5.97 Å². The first-order chi connectivity index (χ1) is 16.0. The number of hydrogen-bond acceptors (Lipinski definition) is 8. The third kappa shape index (κ3) is 5.11. The van der Waals surface area contributed by atoms with Crippen molar-refractivity contribution in [2.75, 3.05) is 49.5 Å². The number of carbonyl (C=O) groups is 1. The number of benzene rings is 1. The number of furan rings is 1. The van der Waals surface area contributed by atoms with E-state index in [1.807, 2.05) is 0 Å². The van der Waals surface area contributed by atoms with Gasteiger partial charge in [0.1, 0.15) is 23.5 Å². The van der Waals surface area contributed by atoms with Gasteiger partial charge in [-0.05, 0) is 58.4 Å². The molecule has 1 aliphatic heterocycles. The summed E-state index contributed by atoms with van der Waals surface area (Å²) in [7, 11) is 0. The normalized spacial score (nSPS) is 16.8. The zero-order valence-electron chi connectivity index (χ0n) is 19.9. The van der Waals surface area contributed by atoms with Crippen LogP contribution in [0.4, 0.5) is 11.5 Å². The molecule has 0 amide bonds. The van der Waals surface area contributed by atoms with E-state index in [1.165, 1.54) is 17.6 Å². The van der Waals surface area contributed by atoms with E-state index in [9.17, 15) is 4.79 Å². The Morgan fingerprint density at radius 2 is 2.12 bits per heavy atom. The lowest BCUT2D eigenvalue weighted by atomic mass is 10.1. The first-order valence-electron chi connectivity index (χ1n) is 11.7. The quantitative estimate of drug-likeness (QED) is 0.406. The Morgan fingerprint density at radius 3 is 2.88 bits per heavy atom. The second kappa shape index (κ2) is 10.2. The van der Waals surface area contributed by atoms with Crippen molar-refractivity contribution in [3.05, 3.63) is 47.5 Å². The van der Waals surface area contributed by atoms with E-state index < -0.39 is 5.97 Å². The van der Waals surface area contributed by atoms with E-state index >= 15 is 0 Å². The standard InChI is InChI=1S/C25H33N5O3/c1-5-32-25(31)21-19(4)33-24-22(21)23(27-16-28-24)26-10-7-11-29-12-13-30(18(3)15-29)20-9-6-8-17(2)14-20/h6,8-9,14,16,18H,5,7,10-13,15H2,1-4H3,(H,26,27,28)/t18-/m0/s1. The molecule has 3 aromatic rings. The van der Waals surface area contributed by atoms with Gasteiger partial charge in [-0.25, -0.2) is 14.8 Å². The SMILES string of the molecule is CCOC(=O)c1c(C)oc2ncnc(NCCCN3CCN(c4cccc(C)c4)[C@@H](C)C3)c12. The Labute approximate surface area is 194 Å². The minimum absolute atomic E-state index is 0.303. The zero-order valence-corrected chi connectivity index (χ0v) is 19.9. The van der Waals surface area contributed by atoms with Crippen LogP contribution < -0.4 is 10.2 Å². The summed E-state index contributed by atoms with van der Waals surface area (Å²) in [6, 6.07) is 9.21. The highest BCUT2D eigenvalue weighted by Crippen LogP contribution is 2.29. The van der Waals surface area contributed by atoms with Crippen LogP contribution in [0.5, 0.6) is 0 Å². The number of anilines is 2. The van der Waals surface area contributed by atoms with Crippen LogP contribution in [-0.4, -0.2) is 66.2 Å². The summed E-state index contributed by atoms with van der Waals surface area (Å²) in [4.78, 5) is 26.0. The molecule has 0 bridgehead atoms. The summed E-state index contributed by atoms with van der Waals surface area (Å²) in [5, 5.41) is 3.97. The van der Waals surface area contributed by atoms with Crippen molar-refractivity contribution in [3.63, 3.8) is 0 Å². The van der Waals surface area contributed by atoms with Gasteiger partial charge in [-0.2, -0.15) is 0 Å². The summed E-state index contributed by atoms with van der Waals surface area (Å²) in [6.07, 6.45) is 2.42. The second-order valence-corrected chi connectivity index (χ2v) is 8.62. The van der Waals surface area contributed by atoms with Crippen molar-refractivity contribution >= 4 is 28.6 Å². The molecule has 0 unspecified atom stereocenters. The molecule has 0 saturated carbocycles. The van der Waals surface area contributed by atoms with Crippen molar-refractivity contribution in [1.29, 1.82) is 0 Å². The van der Waals surface area contributed by atoms with Gasteiger partial charge in [0.25, 0.3) is 0 Å². The first-order valence-corrected chi connectivity index (χ1v) is 11.7. The number of rotatable bonds is 8. The topological polar surface area (TPSA) is 83.7 Å². The molecule has 1 saturated heterocycles. The Kier molecular flexibility index (Phi) is 7.13. The summed E-state index contributed by atoms with van der Waals surface area (Å²) >= 11 is 0. The number of piperazine rings is 1. The van der Waals surface area contributed by atoms with Crippen molar-refractivity contribution in [1.82, 2.24) is 14.9 Å². The molecular weight excluding hydrogens is 418 g/mol. The number of ether oxygens (including phenoxy) is 1. The molecule has 1 aliphatic rings. The van der Waals surface area contributed by atoms with Crippen LogP contribution in [0.3, 0.4) is 0 Å². The largest absolute Gasteiger partial charge is 0.462 e. The average molecular weight is 452 g/mol. The Bertz CT molecular complexity index is 1110. The van der Waals surface area contributed by atoms with E-state index in [0.717, 1.165) is 39.1 Å². The van der Waals surface area contributed by atoms with Crippen molar-refractivity contribution in [3.8, 4) is 0 Å². The van der Waals surface area contributed by atoms with E-state index in [-0.39, 0.29) is 0 Å². The van der Waals surface area contributed by atoms with Gasteiger partial charge in [0.15, 0.2) is 0 Å². The van der Waals surface area contributed by atoms with Crippen LogP contribution in [0.25, 0.3) is 11.1 Å². The van der Waals surface area contributed by atoms with Gasteiger partial charge in [0, 0.05) is 37.9 Å². The van der Waals surface area contributed by atoms with E-state index in [0.29, 0.717) is 40.9 Å². The van der Waals surface area contributed by atoms with Crippen LogP contribution in [0.1, 0.15) is 41.9 Å². The monoisotopic (exact) mass is 451 g/mol. The highest BCUT2D eigenvalue weighted by Gasteiger charge is 2.25. The second-order valence-electron chi connectivity index (χ2n) is 8.62.